The molecule has 0 amide bonds. The summed E-state index contributed by atoms with van der Waals surface area (Å²) in [6.07, 6.45) is 5.32. The number of aromatic nitrogens is 4. The summed E-state index contributed by atoms with van der Waals surface area (Å²) >= 11 is 0. The Morgan fingerprint density at radius 3 is 3.14 bits per heavy atom. The highest BCUT2D eigenvalue weighted by atomic mass is 15.5. The van der Waals surface area contributed by atoms with Gasteiger partial charge in [0.1, 0.15) is 0 Å². The van der Waals surface area contributed by atoms with Gasteiger partial charge >= 0.3 is 0 Å². The third-order valence-electron chi connectivity index (χ3n) is 3.49. The van der Waals surface area contributed by atoms with Crippen molar-refractivity contribution in [1.29, 1.82) is 0 Å². The normalized spacial score (nSPS) is 33.1. The van der Waals surface area contributed by atoms with E-state index < -0.39 is 0 Å². The van der Waals surface area contributed by atoms with Gasteiger partial charge in [-0.2, -0.15) is 5.21 Å². The zero-order valence-corrected chi connectivity index (χ0v) is 8.19. The first-order valence-electron chi connectivity index (χ1n) is 5.41. The Balaban J connectivity index is 1.74. The highest BCUT2D eigenvalue weighted by Crippen LogP contribution is 2.34. The van der Waals surface area contributed by atoms with Crippen LogP contribution in [-0.2, 0) is 0 Å². The summed E-state index contributed by atoms with van der Waals surface area (Å²) in [4.78, 5) is 2.59. The number of hydrogen-bond acceptors (Lipinski definition) is 4. The Kier molecular flexibility index (Phi) is 1.97. The molecule has 2 fully saturated rings. The number of hydrogen-bond donors (Lipinski definition) is 1. The maximum Gasteiger partial charge on any atom is 0.178 e. The molecule has 1 aromatic rings. The van der Waals surface area contributed by atoms with E-state index in [9.17, 15) is 0 Å². The fourth-order valence-electron chi connectivity index (χ4n) is 2.78. The van der Waals surface area contributed by atoms with Crippen molar-refractivity contribution in [3.8, 4) is 0 Å². The van der Waals surface area contributed by atoms with E-state index in [1.165, 1.54) is 32.2 Å². The van der Waals surface area contributed by atoms with Crippen molar-refractivity contribution in [3.05, 3.63) is 5.82 Å². The molecule has 0 aromatic carbocycles. The summed E-state index contributed by atoms with van der Waals surface area (Å²) in [6.45, 7) is 2.39. The van der Waals surface area contributed by atoms with Crippen LogP contribution in [0.5, 0.6) is 0 Å². The zero-order chi connectivity index (χ0) is 9.38. The zero-order valence-electron chi connectivity index (χ0n) is 8.19. The van der Waals surface area contributed by atoms with Gasteiger partial charge in [0.15, 0.2) is 5.82 Å². The summed E-state index contributed by atoms with van der Waals surface area (Å²) in [5.74, 6) is 1.41. The molecule has 0 bridgehead atoms. The maximum absolute atomic E-state index is 4.08. The largest absolute Gasteiger partial charge is 0.300 e. The number of rotatable bonds is 1. The molecule has 0 unspecified atom stereocenters. The highest BCUT2D eigenvalue weighted by molar-refractivity contribution is 5.01. The van der Waals surface area contributed by atoms with E-state index in [0.717, 1.165) is 18.4 Å². The molecule has 3 heterocycles. The number of tetrazole rings is 1. The van der Waals surface area contributed by atoms with Crippen molar-refractivity contribution in [3.63, 3.8) is 0 Å². The minimum Gasteiger partial charge on any atom is -0.300 e. The molecule has 0 aliphatic carbocycles. The van der Waals surface area contributed by atoms with Crippen molar-refractivity contribution >= 4 is 0 Å². The Morgan fingerprint density at radius 1 is 1.36 bits per heavy atom. The molecule has 2 saturated heterocycles. The van der Waals surface area contributed by atoms with Gasteiger partial charge in [0, 0.05) is 18.5 Å². The predicted octanol–water partition coefficient (Wildman–Crippen LogP) is 0.541. The molecule has 2 aliphatic heterocycles. The minimum absolute atomic E-state index is 0.511. The summed E-state index contributed by atoms with van der Waals surface area (Å²) in [7, 11) is 0. The molecule has 14 heavy (non-hydrogen) atoms. The Hall–Kier alpha value is -0.970. The van der Waals surface area contributed by atoms with Gasteiger partial charge in [-0.15, -0.1) is 10.2 Å². The molecule has 0 saturated carbocycles. The molecule has 2 aliphatic rings. The second kappa shape index (κ2) is 3.31. The fourth-order valence-corrected chi connectivity index (χ4v) is 2.78. The van der Waals surface area contributed by atoms with Gasteiger partial charge in [-0.1, -0.05) is 11.6 Å². The quantitative estimate of drug-likeness (QED) is 0.707. The molecule has 1 aromatic heterocycles. The Morgan fingerprint density at radius 2 is 2.36 bits per heavy atom. The van der Waals surface area contributed by atoms with Crippen LogP contribution in [0.3, 0.4) is 0 Å². The van der Waals surface area contributed by atoms with Crippen molar-refractivity contribution in [1.82, 2.24) is 25.5 Å². The van der Waals surface area contributed by atoms with Gasteiger partial charge in [-0.25, -0.2) is 0 Å². The van der Waals surface area contributed by atoms with Crippen LogP contribution in [0, 0.1) is 0 Å². The Bertz CT molecular complexity index is 282. The number of aromatic amines is 1. The van der Waals surface area contributed by atoms with Crippen LogP contribution in [0.1, 0.15) is 37.4 Å². The summed E-state index contributed by atoms with van der Waals surface area (Å²) in [5, 5.41) is 14.3. The molecule has 5 nitrogen and oxygen atoms in total. The second-order valence-corrected chi connectivity index (χ2v) is 4.35. The lowest BCUT2D eigenvalue weighted by molar-refractivity contribution is 0.197. The lowest BCUT2D eigenvalue weighted by Gasteiger charge is -2.28. The van der Waals surface area contributed by atoms with Crippen LogP contribution in [0.25, 0.3) is 0 Å². The van der Waals surface area contributed by atoms with Crippen molar-refractivity contribution < 1.29 is 0 Å². The van der Waals surface area contributed by atoms with Crippen LogP contribution < -0.4 is 0 Å². The van der Waals surface area contributed by atoms with Gasteiger partial charge in [0.2, 0.25) is 0 Å². The first-order valence-corrected chi connectivity index (χ1v) is 5.41. The van der Waals surface area contributed by atoms with E-state index >= 15 is 0 Å². The maximum atomic E-state index is 4.08. The third-order valence-corrected chi connectivity index (χ3v) is 3.49. The third kappa shape index (κ3) is 1.32. The molecular weight excluding hydrogens is 178 g/mol. The molecule has 2 atom stereocenters. The highest BCUT2D eigenvalue weighted by Gasteiger charge is 2.35. The molecule has 76 valence electrons. The smallest absolute Gasteiger partial charge is 0.178 e. The summed E-state index contributed by atoms with van der Waals surface area (Å²) in [5.41, 5.74) is 0. The van der Waals surface area contributed by atoms with Crippen LogP contribution >= 0.6 is 0 Å². The van der Waals surface area contributed by atoms with Crippen molar-refractivity contribution in [2.24, 2.45) is 0 Å². The van der Waals surface area contributed by atoms with Crippen molar-refractivity contribution in [2.45, 2.75) is 37.6 Å². The van der Waals surface area contributed by atoms with Crippen LogP contribution in [0.4, 0.5) is 0 Å². The van der Waals surface area contributed by atoms with E-state index in [2.05, 4.69) is 25.5 Å². The monoisotopic (exact) mass is 193 g/mol. The molecule has 3 rings (SSSR count). The first-order chi connectivity index (χ1) is 6.93. The number of fused-ring (bicyclic) bond motifs is 1. The van der Waals surface area contributed by atoms with Gasteiger partial charge in [-0.3, -0.25) is 4.90 Å². The fraction of sp³-hybridized carbons (Fsp3) is 0.889. The summed E-state index contributed by atoms with van der Waals surface area (Å²) in [6, 6.07) is 0.784. The average molecular weight is 193 g/mol. The van der Waals surface area contributed by atoms with Gasteiger partial charge < -0.3 is 0 Å². The molecule has 0 radical (unpaired) electrons. The van der Waals surface area contributed by atoms with Crippen LogP contribution in [-0.4, -0.2) is 44.7 Å². The van der Waals surface area contributed by atoms with E-state index in [4.69, 9.17) is 0 Å². The SMILES string of the molecule is C1CCN2C[C@H](c3nn[nH]n3)C[C@H]2C1. The van der Waals surface area contributed by atoms with E-state index in [1.54, 1.807) is 0 Å². The topological polar surface area (TPSA) is 57.7 Å². The standard InChI is InChI=1S/C9H15N5/c1-2-4-14-6-7(5-8(14)3-1)9-10-12-13-11-9/h7-8H,1-6H2,(H,10,11,12,13)/t7-,8-/m1/s1. The molecule has 1 N–H and O–H groups in total. The predicted molar refractivity (Wildman–Crippen MR) is 50.7 cm³/mol. The van der Waals surface area contributed by atoms with Gasteiger partial charge in [0.25, 0.3) is 0 Å². The number of H-pyrrole nitrogens is 1. The Labute approximate surface area is 82.9 Å². The van der Waals surface area contributed by atoms with Crippen LogP contribution in [0.2, 0.25) is 0 Å². The van der Waals surface area contributed by atoms with E-state index in [1.807, 2.05) is 0 Å². The number of piperidine rings is 1. The minimum atomic E-state index is 0.511. The van der Waals surface area contributed by atoms with Crippen molar-refractivity contribution in [2.75, 3.05) is 13.1 Å². The van der Waals surface area contributed by atoms with E-state index in [-0.39, 0.29) is 0 Å². The number of nitrogens with zero attached hydrogens (tertiary/aromatic N) is 4. The lowest BCUT2D eigenvalue weighted by atomic mass is 9.99. The molecule has 5 heteroatoms. The van der Waals surface area contributed by atoms with Gasteiger partial charge in [-0.05, 0) is 25.8 Å². The number of nitrogens with one attached hydrogen (secondary N) is 1. The van der Waals surface area contributed by atoms with Gasteiger partial charge in [0.05, 0.1) is 0 Å². The van der Waals surface area contributed by atoms with E-state index in [0.29, 0.717) is 5.92 Å². The average Bonchev–Trinajstić information content (AvgIpc) is 2.86. The lowest BCUT2D eigenvalue weighted by Crippen LogP contribution is -2.33. The second-order valence-electron chi connectivity index (χ2n) is 4.35. The first kappa shape index (κ1) is 8.35. The van der Waals surface area contributed by atoms with Crippen LogP contribution in [0.15, 0.2) is 0 Å². The summed E-state index contributed by atoms with van der Waals surface area (Å²) < 4.78 is 0. The molecular formula is C9H15N5. The molecule has 0 spiro atoms.